The molecule has 6 amide bonds. The first kappa shape index (κ1) is 49.9. The van der Waals surface area contributed by atoms with Crippen LogP contribution in [-0.4, -0.2) is 119 Å². The summed E-state index contributed by atoms with van der Waals surface area (Å²) < 4.78 is 0. The molecule has 0 saturated carbocycles. The van der Waals surface area contributed by atoms with Crippen LogP contribution in [0.3, 0.4) is 0 Å². The first-order valence-electron chi connectivity index (χ1n) is 19.5. The van der Waals surface area contributed by atoms with Crippen molar-refractivity contribution >= 4 is 47.4 Å². The van der Waals surface area contributed by atoms with Gasteiger partial charge in [-0.2, -0.15) is 0 Å². The van der Waals surface area contributed by atoms with Crippen LogP contribution in [0.4, 0.5) is 0 Å². The molecule has 0 aliphatic heterocycles. The zero-order valence-corrected chi connectivity index (χ0v) is 34.0. The number of carboxylic acids is 2. The lowest BCUT2D eigenvalue weighted by molar-refractivity contribution is -0.144. The van der Waals surface area contributed by atoms with E-state index in [0.29, 0.717) is 31.4 Å². The summed E-state index contributed by atoms with van der Waals surface area (Å²) in [6, 6.07) is 1.58. The first-order valence-corrected chi connectivity index (χ1v) is 19.5. The van der Waals surface area contributed by atoms with Crippen molar-refractivity contribution in [2.45, 2.75) is 129 Å². The number of nitrogens with one attached hydrogen (secondary N) is 5. The molecule has 0 bridgehead atoms. The average molecular weight is 805 g/mol. The standard InChI is InChI=1S/C39H64N8O10/c1-7-8-16-28(39(56)57)44-37(54)30(19-23(2)3)47(6)31(48)22-42-38(55)33(24(4)5)46-36(53)29(20-25-14-10-9-11-15-25)45-35(52)27(17-12-13-18-40)43-34(51)26(41)21-32(49)50/h9-11,14-15,23-24,26-30,33H,7-8,12-13,16-22,40-41H2,1-6H3,(H,42,55)(H,43,51)(H,44,54)(H,45,52)(H,46,53)(H,49,50)(H,56,57)/t26-,27-,28-,29-,30-,33-/m0/s1. The zero-order chi connectivity index (χ0) is 43.2. The maximum absolute atomic E-state index is 13.9. The summed E-state index contributed by atoms with van der Waals surface area (Å²) in [5.74, 6) is -7.31. The van der Waals surface area contributed by atoms with E-state index in [0.717, 1.165) is 6.42 Å². The summed E-state index contributed by atoms with van der Waals surface area (Å²) in [5.41, 5.74) is 12.0. The molecule has 0 aliphatic carbocycles. The Kier molecular flexibility index (Phi) is 22.7. The molecule has 1 aromatic carbocycles. The van der Waals surface area contributed by atoms with Gasteiger partial charge in [-0.25, -0.2) is 4.79 Å². The van der Waals surface area contributed by atoms with Crippen molar-refractivity contribution in [3.8, 4) is 0 Å². The number of amides is 6. The molecule has 0 aliphatic rings. The largest absolute Gasteiger partial charge is 0.481 e. The molecule has 18 heteroatoms. The highest BCUT2D eigenvalue weighted by molar-refractivity contribution is 5.96. The first-order chi connectivity index (χ1) is 26.8. The van der Waals surface area contributed by atoms with Crippen molar-refractivity contribution in [3.05, 3.63) is 35.9 Å². The summed E-state index contributed by atoms with van der Waals surface area (Å²) in [6.45, 7) is 8.74. The van der Waals surface area contributed by atoms with Crippen LogP contribution in [0.5, 0.6) is 0 Å². The molecule has 57 heavy (non-hydrogen) atoms. The van der Waals surface area contributed by atoms with Gasteiger partial charge >= 0.3 is 11.9 Å². The molecule has 0 spiro atoms. The summed E-state index contributed by atoms with van der Waals surface area (Å²) in [5, 5.41) is 31.6. The van der Waals surface area contributed by atoms with E-state index in [1.165, 1.54) is 11.9 Å². The molecule has 11 N–H and O–H groups in total. The van der Waals surface area contributed by atoms with Crippen LogP contribution in [0.2, 0.25) is 0 Å². The number of likely N-dealkylation sites (N-methyl/N-ethyl adjacent to an activating group) is 1. The fourth-order valence-corrected chi connectivity index (χ4v) is 5.83. The molecule has 0 fully saturated rings. The van der Waals surface area contributed by atoms with Gasteiger partial charge in [0.2, 0.25) is 35.4 Å². The lowest BCUT2D eigenvalue weighted by atomic mass is 10.00. The highest BCUT2D eigenvalue weighted by Gasteiger charge is 2.34. The Morgan fingerprint density at radius 3 is 1.86 bits per heavy atom. The third-order valence-corrected chi connectivity index (χ3v) is 9.21. The number of carbonyl (C=O) groups excluding carboxylic acids is 6. The lowest BCUT2D eigenvalue weighted by Gasteiger charge is -2.30. The molecule has 1 rings (SSSR count). The van der Waals surface area contributed by atoms with Gasteiger partial charge in [0.1, 0.15) is 30.2 Å². The number of hydrogen-bond donors (Lipinski definition) is 9. The van der Waals surface area contributed by atoms with E-state index in [2.05, 4.69) is 26.6 Å². The van der Waals surface area contributed by atoms with Gasteiger partial charge in [0.25, 0.3) is 0 Å². The summed E-state index contributed by atoms with van der Waals surface area (Å²) in [6.07, 6.45) is 2.17. The SMILES string of the molecule is CCCC[C@H](NC(=O)[C@H](CC(C)C)N(C)C(=O)CNC(=O)[C@@H](NC(=O)[C@H](Cc1ccccc1)NC(=O)[C@H](CCCCN)NC(=O)[C@@H](N)CC(=O)O)C(C)C)C(=O)O. The van der Waals surface area contributed by atoms with Gasteiger partial charge < -0.3 is 53.2 Å². The second-order valence-electron chi connectivity index (χ2n) is 14.9. The fraction of sp³-hybridized carbons (Fsp3) is 0.641. The van der Waals surface area contributed by atoms with E-state index >= 15 is 0 Å². The quantitative estimate of drug-likeness (QED) is 0.0532. The second kappa shape index (κ2) is 25.9. The number of unbranched alkanes of at least 4 members (excludes halogenated alkanes) is 2. The number of hydrogen-bond acceptors (Lipinski definition) is 10. The number of benzene rings is 1. The van der Waals surface area contributed by atoms with Crippen LogP contribution in [0.15, 0.2) is 30.3 Å². The number of carboxylic acid groups (broad SMARTS) is 2. The Balaban J connectivity index is 3.22. The molecule has 0 unspecified atom stereocenters. The van der Waals surface area contributed by atoms with Crippen molar-refractivity contribution in [3.63, 3.8) is 0 Å². The third kappa shape index (κ3) is 18.6. The molecule has 0 heterocycles. The van der Waals surface area contributed by atoms with Crippen LogP contribution < -0.4 is 38.1 Å². The number of nitrogens with two attached hydrogens (primary N) is 2. The predicted octanol–water partition coefficient (Wildman–Crippen LogP) is 0.0194. The van der Waals surface area contributed by atoms with Gasteiger partial charge in [0.15, 0.2) is 0 Å². The Hall–Kier alpha value is -5.10. The minimum atomic E-state index is -1.43. The smallest absolute Gasteiger partial charge is 0.326 e. The highest BCUT2D eigenvalue weighted by Crippen LogP contribution is 2.13. The molecule has 0 radical (unpaired) electrons. The van der Waals surface area contributed by atoms with Gasteiger partial charge in [0.05, 0.1) is 19.0 Å². The third-order valence-electron chi connectivity index (χ3n) is 9.21. The predicted molar refractivity (Wildman–Crippen MR) is 212 cm³/mol. The van der Waals surface area contributed by atoms with E-state index in [9.17, 15) is 43.5 Å². The Morgan fingerprint density at radius 1 is 0.737 bits per heavy atom. The van der Waals surface area contributed by atoms with Gasteiger partial charge in [-0.1, -0.05) is 77.8 Å². The van der Waals surface area contributed by atoms with Crippen LogP contribution in [-0.2, 0) is 44.8 Å². The number of nitrogens with zero attached hydrogens (tertiary/aromatic N) is 1. The molecule has 0 saturated heterocycles. The number of carbonyl (C=O) groups is 8. The average Bonchev–Trinajstić information content (AvgIpc) is 3.14. The van der Waals surface area contributed by atoms with E-state index in [-0.39, 0.29) is 31.6 Å². The Bertz CT molecular complexity index is 1490. The maximum Gasteiger partial charge on any atom is 0.326 e. The van der Waals surface area contributed by atoms with Crippen molar-refractivity contribution in [2.75, 3.05) is 20.1 Å². The molecule has 18 nitrogen and oxygen atoms in total. The van der Waals surface area contributed by atoms with E-state index in [1.54, 1.807) is 44.2 Å². The van der Waals surface area contributed by atoms with E-state index in [1.807, 2.05) is 20.8 Å². The van der Waals surface area contributed by atoms with Crippen molar-refractivity contribution in [1.82, 2.24) is 31.5 Å². The molecular weight excluding hydrogens is 740 g/mol. The summed E-state index contributed by atoms with van der Waals surface area (Å²) >= 11 is 0. The monoisotopic (exact) mass is 804 g/mol. The molecular formula is C39H64N8O10. The number of aliphatic carboxylic acids is 2. The van der Waals surface area contributed by atoms with Crippen molar-refractivity contribution in [2.24, 2.45) is 23.3 Å². The van der Waals surface area contributed by atoms with E-state index < -0.39 is 103 Å². The second-order valence-corrected chi connectivity index (χ2v) is 14.9. The van der Waals surface area contributed by atoms with Crippen LogP contribution >= 0.6 is 0 Å². The summed E-state index contributed by atoms with van der Waals surface area (Å²) in [7, 11) is 1.40. The molecule has 320 valence electrons. The lowest BCUT2D eigenvalue weighted by Crippen LogP contribution is -2.59. The minimum Gasteiger partial charge on any atom is -0.481 e. The Morgan fingerprint density at radius 2 is 1.32 bits per heavy atom. The van der Waals surface area contributed by atoms with Gasteiger partial charge in [-0.3, -0.25) is 33.6 Å². The topological polar surface area (TPSA) is 292 Å². The Labute approximate surface area is 335 Å². The summed E-state index contributed by atoms with van der Waals surface area (Å²) in [4.78, 5) is 104. The van der Waals surface area contributed by atoms with Crippen molar-refractivity contribution in [1.29, 1.82) is 0 Å². The van der Waals surface area contributed by atoms with Gasteiger partial charge in [0, 0.05) is 13.5 Å². The van der Waals surface area contributed by atoms with Crippen LogP contribution in [0.1, 0.15) is 91.5 Å². The molecule has 1 aromatic rings. The normalized spacial score (nSPS) is 14.3. The van der Waals surface area contributed by atoms with Crippen molar-refractivity contribution < 1.29 is 48.6 Å². The van der Waals surface area contributed by atoms with Gasteiger partial charge in [-0.05, 0) is 56.0 Å². The van der Waals surface area contributed by atoms with Crippen LogP contribution in [0.25, 0.3) is 0 Å². The zero-order valence-electron chi connectivity index (χ0n) is 34.0. The fourth-order valence-electron chi connectivity index (χ4n) is 5.83. The number of rotatable bonds is 27. The van der Waals surface area contributed by atoms with Crippen LogP contribution in [0, 0.1) is 11.8 Å². The highest BCUT2D eigenvalue weighted by atomic mass is 16.4. The molecule has 0 aromatic heterocycles. The molecule has 6 atom stereocenters. The van der Waals surface area contributed by atoms with Gasteiger partial charge in [-0.15, -0.1) is 0 Å². The van der Waals surface area contributed by atoms with E-state index in [4.69, 9.17) is 16.6 Å². The minimum absolute atomic E-state index is 0.00337. The maximum atomic E-state index is 13.9.